The predicted molar refractivity (Wildman–Crippen MR) is 112 cm³/mol. The number of nitrogens with one attached hydrogen (secondary N) is 1. The van der Waals surface area contributed by atoms with E-state index in [0.717, 1.165) is 43.3 Å². The Labute approximate surface area is 170 Å². The molecule has 3 heterocycles. The SMILES string of the molecule is CN=C(NCCc1cnn(-c2ccccc2)c1)N1CCOC(c2cnn(C)c2)C1. The second kappa shape index (κ2) is 8.91. The quantitative estimate of drug-likeness (QED) is 0.529. The van der Waals surface area contributed by atoms with Gasteiger partial charge in [-0.3, -0.25) is 9.67 Å². The summed E-state index contributed by atoms with van der Waals surface area (Å²) in [5.74, 6) is 0.901. The highest BCUT2D eigenvalue weighted by Crippen LogP contribution is 2.21. The van der Waals surface area contributed by atoms with E-state index in [2.05, 4.69) is 31.6 Å². The van der Waals surface area contributed by atoms with E-state index < -0.39 is 0 Å². The van der Waals surface area contributed by atoms with Crippen LogP contribution in [0.3, 0.4) is 0 Å². The van der Waals surface area contributed by atoms with E-state index in [4.69, 9.17) is 4.74 Å². The number of aryl methyl sites for hydroxylation is 1. The Morgan fingerprint density at radius 2 is 2.07 bits per heavy atom. The topological polar surface area (TPSA) is 72.5 Å². The minimum Gasteiger partial charge on any atom is -0.370 e. The number of benzene rings is 1. The first kappa shape index (κ1) is 19.2. The van der Waals surface area contributed by atoms with Crippen molar-refractivity contribution in [1.82, 2.24) is 29.8 Å². The zero-order valence-electron chi connectivity index (χ0n) is 16.9. The molecule has 1 fully saturated rings. The lowest BCUT2D eigenvalue weighted by atomic mass is 10.1. The molecular weight excluding hydrogens is 366 g/mol. The number of hydrogen-bond donors (Lipinski definition) is 1. The molecular formula is C21H27N7O. The van der Waals surface area contributed by atoms with E-state index in [-0.39, 0.29) is 6.10 Å². The summed E-state index contributed by atoms with van der Waals surface area (Å²) in [6.07, 6.45) is 8.77. The normalized spacial score (nSPS) is 17.5. The number of aromatic nitrogens is 4. The van der Waals surface area contributed by atoms with Crippen LogP contribution in [0.1, 0.15) is 17.2 Å². The van der Waals surface area contributed by atoms with Gasteiger partial charge in [0.1, 0.15) is 6.10 Å². The third-order valence-corrected chi connectivity index (χ3v) is 5.03. The Morgan fingerprint density at radius 1 is 1.21 bits per heavy atom. The first-order valence-corrected chi connectivity index (χ1v) is 9.87. The van der Waals surface area contributed by atoms with Gasteiger partial charge >= 0.3 is 0 Å². The fourth-order valence-corrected chi connectivity index (χ4v) is 3.51. The van der Waals surface area contributed by atoms with Crippen molar-refractivity contribution in [3.8, 4) is 5.69 Å². The van der Waals surface area contributed by atoms with E-state index in [1.165, 1.54) is 5.56 Å². The number of hydrogen-bond acceptors (Lipinski definition) is 4. The molecule has 1 unspecified atom stereocenters. The maximum absolute atomic E-state index is 5.93. The van der Waals surface area contributed by atoms with Gasteiger partial charge in [-0.25, -0.2) is 4.68 Å². The molecule has 1 aromatic carbocycles. The molecule has 0 spiro atoms. The molecule has 1 aliphatic rings. The number of morpholine rings is 1. The van der Waals surface area contributed by atoms with Gasteiger partial charge < -0.3 is 15.0 Å². The number of guanidine groups is 1. The van der Waals surface area contributed by atoms with Crippen molar-refractivity contribution in [3.05, 3.63) is 66.2 Å². The van der Waals surface area contributed by atoms with Gasteiger partial charge in [0.25, 0.3) is 0 Å². The molecule has 8 heteroatoms. The van der Waals surface area contributed by atoms with E-state index in [1.54, 1.807) is 4.68 Å². The van der Waals surface area contributed by atoms with Crippen LogP contribution in [-0.4, -0.2) is 63.7 Å². The third-order valence-electron chi connectivity index (χ3n) is 5.03. The summed E-state index contributed by atoms with van der Waals surface area (Å²) in [4.78, 5) is 6.71. The first-order chi connectivity index (χ1) is 14.2. The van der Waals surface area contributed by atoms with Gasteiger partial charge in [0.15, 0.2) is 5.96 Å². The third kappa shape index (κ3) is 4.65. The van der Waals surface area contributed by atoms with Crippen molar-refractivity contribution < 1.29 is 4.74 Å². The summed E-state index contributed by atoms with van der Waals surface area (Å²) in [7, 11) is 3.74. The number of para-hydroxylation sites is 1. The van der Waals surface area contributed by atoms with Crippen LogP contribution in [0.5, 0.6) is 0 Å². The molecule has 0 amide bonds. The zero-order valence-corrected chi connectivity index (χ0v) is 16.9. The minimum atomic E-state index is 0.0140. The number of aliphatic imine (C=N–C) groups is 1. The van der Waals surface area contributed by atoms with Crippen LogP contribution in [0.2, 0.25) is 0 Å². The molecule has 0 radical (unpaired) electrons. The zero-order chi connectivity index (χ0) is 20.1. The van der Waals surface area contributed by atoms with Crippen molar-refractivity contribution in [2.24, 2.45) is 12.0 Å². The molecule has 1 N–H and O–H groups in total. The molecule has 0 aliphatic carbocycles. The van der Waals surface area contributed by atoms with Crippen LogP contribution >= 0.6 is 0 Å². The molecule has 8 nitrogen and oxygen atoms in total. The lowest BCUT2D eigenvalue weighted by molar-refractivity contribution is -0.00800. The number of rotatable bonds is 5. The lowest BCUT2D eigenvalue weighted by Gasteiger charge is -2.34. The minimum absolute atomic E-state index is 0.0140. The summed E-state index contributed by atoms with van der Waals surface area (Å²) < 4.78 is 9.65. The van der Waals surface area contributed by atoms with Crippen LogP contribution in [0.25, 0.3) is 5.69 Å². The van der Waals surface area contributed by atoms with Gasteiger partial charge in [0.05, 0.1) is 31.2 Å². The van der Waals surface area contributed by atoms with Crippen molar-refractivity contribution in [1.29, 1.82) is 0 Å². The molecule has 0 saturated carbocycles. The maximum Gasteiger partial charge on any atom is 0.193 e. The molecule has 1 aliphatic heterocycles. The van der Waals surface area contributed by atoms with Crippen LogP contribution in [0.15, 0.2) is 60.1 Å². The van der Waals surface area contributed by atoms with Gasteiger partial charge in [-0.05, 0) is 24.1 Å². The molecule has 152 valence electrons. The van der Waals surface area contributed by atoms with Gasteiger partial charge in [-0.1, -0.05) is 18.2 Å². The Bertz CT molecular complexity index is 947. The van der Waals surface area contributed by atoms with E-state index in [0.29, 0.717) is 6.61 Å². The van der Waals surface area contributed by atoms with Crippen molar-refractivity contribution in [2.75, 3.05) is 33.3 Å². The highest BCUT2D eigenvalue weighted by atomic mass is 16.5. The number of ether oxygens (including phenoxy) is 1. The molecule has 4 rings (SSSR count). The molecule has 29 heavy (non-hydrogen) atoms. The van der Waals surface area contributed by atoms with Gasteiger partial charge in [-0.2, -0.15) is 10.2 Å². The largest absolute Gasteiger partial charge is 0.370 e. The van der Waals surface area contributed by atoms with Crippen molar-refractivity contribution in [3.63, 3.8) is 0 Å². The van der Waals surface area contributed by atoms with Crippen LogP contribution in [0, 0.1) is 0 Å². The van der Waals surface area contributed by atoms with Crippen molar-refractivity contribution in [2.45, 2.75) is 12.5 Å². The summed E-state index contributed by atoms with van der Waals surface area (Å²) >= 11 is 0. The Hall–Kier alpha value is -3.13. The average Bonchev–Trinajstić information content (AvgIpc) is 3.41. The highest BCUT2D eigenvalue weighted by molar-refractivity contribution is 5.80. The summed E-state index contributed by atoms with van der Waals surface area (Å²) in [5, 5.41) is 12.2. The second-order valence-corrected chi connectivity index (χ2v) is 7.11. The van der Waals surface area contributed by atoms with Crippen LogP contribution in [-0.2, 0) is 18.2 Å². The maximum atomic E-state index is 5.93. The Balaban J connectivity index is 1.31. The molecule has 1 saturated heterocycles. The van der Waals surface area contributed by atoms with Crippen LogP contribution in [0.4, 0.5) is 0 Å². The van der Waals surface area contributed by atoms with Gasteiger partial charge in [0.2, 0.25) is 0 Å². The molecule has 1 atom stereocenters. The van der Waals surface area contributed by atoms with Gasteiger partial charge in [-0.15, -0.1) is 0 Å². The fraction of sp³-hybridized carbons (Fsp3) is 0.381. The smallest absolute Gasteiger partial charge is 0.193 e. The van der Waals surface area contributed by atoms with Crippen LogP contribution < -0.4 is 5.32 Å². The molecule has 0 bridgehead atoms. The molecule has 2 aromatic heterocycles. The number of nitrogens with zero attached hydrogens (tertiary/aromatic N) is 6. The second-order valence-electron chi connectivity index (χ2n) is 7.11. The fourth-order valence-electron chi connectivity index (χ4n) is 3.51. The monoisotopic (exact) mass is 393 g/mol. The van der Waals surface area contributed by atoms with E-state index in [9.17, 15) is 0 Å². The Morgan fingerprint density at radius 3 is 2.83 bits per heavy atom. The average molecular weight is 393 g/mol. The lowest BCUT2D eigenvalue weighted by Crippen LogP contribution is -2.48. The van der Waals surface area contributed by atoms with Crippen molar-refractivity contribution >= 4 is 5.96 Å². The summed E-state index contributed by atoms with van der Waals surface area (Å²) in [5.41, 5.74) is 3.35. The predicted octanol–water partition coefficient (Wildman–Crippen LogP) is 1.80. The highest BCUT2D eigenvalue weighted by Gasteiger charge is 2.25. The standard InChI is InChI=1S/C21H27N7O/c1-22-21(27-10-11-29-20(16-27)18-13-24-26(2)15-18)23-9-8-17-12-25-28(14-17)19-6-4-3-5-7-19/h3-7,12-15,20H,8-11,16H2,1-2H3,(H,22,23). The summed E-state index contributed by atoms with van der Waals surface area (Å²) in [6, 6.07) is 10.1. The van der Waals surface area contributed by atoms with E-state index >= 15 is 0 Å². The first-order valence-electron chi connectivity index (χ1n) is 9.87. The Kier molecular flexibility index (Phi) is 5.90. The van der Waals surface area contributed by atoms with Gasteiger partial charge in [0, 0.05) is 45.1 Å². The van der Waals surface area contributed by atoms with E-state index in [1.807, 2.05) is 67.7 Å². The molecule has 3 aromatic rings. The summed E-state index contributed by atoms with van der Waals surface area (Å²) in [6.45, 7) is 3.05.